The van der Waals surface area contributed by atoms with Gasteiger partial charge in [-0.05, 0) is 19.9 Å². The maximum Gasteiger partial charge on any atom is 0.0992 e. The summed E-state index contributed by atoms with van der Waals surface area (Å²) in [6.45, 7) is 4.07. The number of hydrazine groups is 1. The molecule has 1 atom stereocenters. The van der Waals surface area contributed by atoms with Crippen molar-refractivity contribution in [2.45, 2.75) is 26.3 Å². The molecule has 7 heteroatoms. The van der Waals surface area contributed by atoms with Crippen LogP contribution in [0.4, 0.5) is 0 Å². The quantitative estimate of drug-likeness (QED) is 0.663. The van der Waals surface area contributed by atoms with E-state index in [0.717, 1.165) is 16.3 Å². The van der Waals surface area contributed by atoms with Gasteiger partial charge in [0.15, 0.2) is 0 Å². The molecule has 0 aliphatic rings. The van der Waals surface area contributed by atoms with Crippen LogP contribution in [-0.2, 0) is 6.42 Å². The van der Waals surface area contributed by atoms with Crippen LogP contribution in [0.25, 0.3) is 0 Å². The van der Waals surface area contributed by atoms with Crippen molar-refractivity contribution in [1.82, 2.24) is 10.4 Å². The number of hydrogen-bond donors (Lipinski definition) is 2. The second-order valence-electron chi connectivity index (χ2n) is 3.95. The minimum atomic E-state index is -0.0637. The van der Waals surface area contributed by atoms with Crippen LogP contribution in [0.15, 0.2) is 6.07 Å². The van der Waals surface area contributed by atoms with Gasteiger partial charge in [0.05, 0.1) is 25.4 Å². The number of hydrogen-bond acceptors (Lipinski definition) is 5. The normalized spacial score (nSPS) is 12.9. The number of thiazole rings is 1. The molecule has 18 heavy (non-hydrogen) atoms. The molecule has 0 aromatic carbocycles. The van der Waals surface area contributed by atoms with Gasteiger partial charge in [-0.2, -0.15) is 0 Å². The van der Waals surface area contributed by atoms with Crippen LogP contribution in [-0.4, -0.2) is 4.98 Å². The van der Waals surface area contributed by atoms with Gasteiger partial charge in [-0.25, -0.2) is 4.98 Å². The topological polar surface area (TPSA) is 50.9 Å². The highest BCUT2D eigenvalue weighted by Crippen LogP contribution is 2.36. The Hall–Kier alpha value is -0.170. The molecule has 0 amide bonds. The average molecular weight is 322 g/mol. The summed E-state index contributed by atoms with van der Waals surface area (Å²) < 4.78 is 1.34. The lowest BCUT2D eigenvalue weighted by Crippen LogP contribution is -2.29. The maximum atomic E-state index is 6.14. The van der Waals surface area contributed by atoms with E-state index in [1.54, 1.807) is 11.3 Å². The molecule has 0 saturated carbocycles. The fourth-order valence-electron chi connectivity index (χ4n) is 1.65. The van der Waals surface area contributed by atoms with Crippen LogP contribution in [0.2, 0.25) is 8.67 Å². The monoisotopic (exact) mass is 321 g/mol. The Morgan fingerprint density at radius 3 is 2.56 bits per heavy atom. The Labute approximate surface area is 124 Å². The van der Waals surface area contributed by atoms with Crippen molar-refractivity contribution in [3.05, 3.63) is 35.9 Å². The molecule has 2 rings (SSSR count). The zero-order valence-electron chi connectivity index (χ0n) is 9.96. The molecule has 2 aromatic heterocycles. The van der Waals surface area contributed by atoms with Crippen LogP contribution in [0.1, 0.15) is 27.2 Å². The Balaban J connectivity index is 2.22. The van der Waals surface area contributed by atoms with Crippen molar-refractivity contribution in [3.8, 4) is 0 Å². The summed E-state index contributed by atoms with van der Waals surface area (Å²) in [5.41, 5.74) is 4.78. The van der Waals surface area contributed by atoms with Crippen LogP contribution in [0, 0.1) is 13.8 Å². The van der Waals surface area contributed by atoms with Crippen molar-refractivity contribution in [1.29, 1.82) is 0 Å². The lowest BCUT2D eigenvalue weighted by Gasteiger charge is -2.13. The summed E-state index contributed by atoms with van der Waals surface area (Å²) in [7, 11) is 0. The minimum absolute atomic E-state index is 0.0637. The summed E-state index contributed by atoms with van der Waals surface area (Å²) in [5, 5.41) is 1.05. The molecule has 0 spiro atoms. The molecule has 0 fully saturated rings. The molecule has 98 valence electrons. The molecule has 3 N–H and O–H groups in total. The van der Waals surface area contributed by atoms with Gasteiger partial charge >= 0.3 is 0 Å². The van der Waals surface area contributed by atoms with E-state index >= 15 is 0 Å². The van der Waals surface area contributed by atoms with Gasteiger partial charge in [-0.3, -0.25) is 11.3 Å². The fraction of sp³-hybridized carbons (Fsp3) is 0.364. The van der Waals surface area contributed by atoms with Gasteiger partial charge in [-0.15, -0.1) is 22.7 Å². The predicted octanol–water partition coefficient (Wildman–Crippen LogP) is 3.88. The first-order valence-electron chi connectivity index (χ1n) is 5.35. The minimum Gasteiger partial charge on any atom is -0.271 e. The highest BCUT2D eigenvalue weighted by Gasteiger charge is 2.18. The van der Waals surface area contributed by atoms with E-state index in [4.69, 9.17) is 29.0 Å². The molecular weight excluding hydrogens is 309 g/mol. The fourth-order valence-corrected chi connectivity index (χ4v) is 4.21. The van der Waals surface area contributed by atoms with E-state index in [1.165, 1.54) is 16.2 Å². The number of halogens is 2. The molecule has 1 unspecified atom stereocenters. The van der Waals surface area contributed by atoms with Crippen molar-refractivity contribution >= 4 is 45.9 Å². The van der Waals surface area contributed by atoms with E-state index in [-0.39, 0.29) is 6.04 Å². The molecule has 0 aliphatic heterocycles. The van der Waals surface area contributed by atoms with E-state index in [9.17, 15) is 0 Å². The molecule has 0 aliphatic carbocycles. The highest BCUT2D eigenvalue weighted by molar-refractivity contribution is 7.20. The number of thiophene rings is 1. The lowest BCUT2D eigenvalue weighted by molar-refractivity contribution is 0.552. The number of nitrogens with two attached hydrogens (primary N) is 1. The number of aromatic nitrogens is 1. The molecule has 0 radical (unpaired) electrons. The number of rotatable bonds is 4. The Morgan fingerprint density at radius 1 is 1.39 bits per heavy atom. The molecule has 3 nitrogen and oxygen atoms in total. The van der Waals surface area contributed by atoms with E-state index < -0.39 is 0 Å². The number of nitrogens with zero attached hydrogens (tertiary/aromatic N) is 1. The number of nitrogens with one attached hydrogen (secondary N) is 1. The third-order valence-corrected chi connectivity index (χ3v) is 5.32. The Bertz CT molecular complexity index is 531. The van der Waals surface area contributed by atoms with Crippen LogP contribution in [0.5, 0.6) is 0 Å². The smallest absolute Gasteiger partial charge is 0.0992 e. The second-order valence-corrected chi connectivity index (χ2v) is 7.53. The highest BCUT2D eigenvalue weighted by atomic mass is 35.5. The largest absolute Gasteiger partial charge is 0.271 e. The maximum absolute atomic E-state index is 6.14. The van der Waals surface area contributed by atoms with Gasteiger partial charge in [0, 0.05) is 16.9 Å². The standard InChI is InChI=1S/C11H13Cl2N3S2/c1-5-6(2)17-10(15-5)4-8(16-14)7-3-9(12)18-11(7)13/h3,8,16H,4,14H2,1-2H3. The first-order valence-corrected chi connectivity index (χ1v) is 7.74. The first kappa shape index (κ1) is 14.2. The summed E-state index contributed by atoms with van der Waals surface area (Å²) in [6, 6.07) is 1.79. The zero-order valence-corrected chi connectivity index (χ0v) is 13.1. The Morgan fingerprint density at radius 2 is 2.11 bits per heavy atom. The predicted molar refractivity (Wildman–Crippen MR) is 79.7 cm³/mol. The van der Waals surface area contributed by atoms with Crippen LogP contribution < -0.4 is 11.3 Å². The average Bonchev–Trinajstić information content (AvgIpc) is 2.79. The van der Waals surface area contributed by atoms with Crippen molar-refractivity contribution in [3.63, 3.8) is 0 Å². The van der Waals surface area contributed by atoms with Crippen LogP contribution >= 0.6 is 45.9 Å². The second kappa shape index (κ2) is 5.86. The van der Waals surface area contributed by atoms with Crippen molar-refractivity contribution in [2.24, 2.45) is 5.84 Å². The molecule has 2 aromatic rings. The molecular formula is C11H13Cl2N3S2. The van der Waals surface area contributed by atoms with Crippen LogP contribution in [0.3, 0.4) is 0 Å². The summed E-state index contributed by atoms with van der Waals surface area (Å²) in [6.07, 6.45) is 0.711. The Kier molecular flexibility index (Phi) is 4.64. The third-order valence-electron chi connectivity index (χ3n) is 2.71. The first-order chi connectivity index (χ1) is 8.51. The van der Waals surface area contributed by atoms with Crippen molar-refractivity contribution in [2.75, 3.05) is 0 Å². The van der Waals surface area contributed by atoms with Gasteiger partial charge in [0.1, 0.15) is 0 Å². The summed E-state index contributed by atoms with van der Waals surface area (Å²) in [4.78, 5) is 5.74. The zero-order chi connectivity index (χ0) is 13.3. The molecule has 2 heterocycles. The van der Waals surface area contributed by atoms with E-state index in [0.29, 0.717) is 15.1 Å². The third kappa shape index (κ3) is 3.04. The molecule has 0 saturated heterocycles. The van der Waals surface area contributed by atoms with E-state index in [1.807, 2.05) is 13.0 Å². The van der Waals surface area contributed by atoms with Gasteiger partial charge in [-0.1, -0.05) is 23.2 Å². The van der Waals surface area contributed by atoms with E-state index in [2.05, 4.69) is 17.3 Å². The van der Waals surface area contributed by atoms with Crippen molar-refractivity contribution < 1.29 is 0 Å². The summed E-state index contributed by atoms with van der Waals surface area (Å²) >= 11 is 15.1. The molecule has 0 bridgehead atoms. The SMILES string of the molecule is Cc1nc(CC(NN)c2cc(Cl)sc2Cl)sc1C. The lowest BCUT2D eigenvalue weighted by atomic mass is 10.1. The van der Waals surface area contributed by atoms with Gasteiger partial charge < -0.3 is 0 Å². The van der Waals surface area contributed by atoms with Gasteiger partial charge in [0.2, 0.25) is 0 Å². The number of aryl methyl sites for hydroxylation is 2. The summed E-state index contributed by atoms with van der Waals surface area (Å²) in [5.74, 6) is 5.61. The van der Waals surface area contributed by atoms with Gasteiger partial charge in [0.25, 0.3) is 0 Å².